The molecule has 1 aromatic heterocycles. The van der Waals surface area contributed by atoms with Gasteiger partial charge in [0.05, 0.1) is 6.54 Å². The van der Waals surface area contributed by atoms with Crippen LogP contribution in [-0.4, -0.2) is 43.4 Å². The largest absolute Gasteiger partial charge is 0.489 e. The van der Waals surface area contributed by atoms with Crippen LogP contribution in [0.2, 0.25) is 0 Å². The van der Waals surface area contributed by atoms with Gasteiger partial charge in [-0.1, -0.05) is 18.2 Å². The number of pyridine rings is 1. The van der Waals surface area contributed by atoms with E-state index in [0.717, 1.165) is 10.9 Å². The number of hydrogen-bond acceptors (Lipinski definition) is 5. The SMILES string of the molecule is O=C1COC(COc2cccc3cccnc23)CN1c1ccc(OC(F)F)cc1. The Morgan fingerprint density at radius 3 is 2.72 bits per heavy atom. The van der Waals surface area contributed by atoms with Crippen LogP contribution >= 0.6 is 0 Å². The number of fused-ring (bicyclic) bond motifs is 1. The molecule has 6 nitrogen and oxygen atoms in total. The standard InChI is InChI=1S/C21H18F2N2O4/c22-21(23)29-16-8-6-15(7-9-16)25-11-17(27-13-19(25)26)12-28-18-5-1-3-14-4-2-10-24-20(14)18/h1-10,17,21H,11-13H2. The van der Waals surface area contributed by atoms with Gasteiger partial charge in [0, 0.05) is 17.3 Å². The predicted octanol–water partition coefficient (Wildman–Crippen LogP) is 3.65. The van der Waals surface area contributed by atoms with Gasteiger partial charge in [-0.2, -0.15) is 8.78 Å². The number of ether oxygens (including phenoxy) is 3. The molecule has 1 amide bonds. The van der Waals surface area contributed by atoms with Crippen molar-refractivity contribution in [3.63, 3.8) is 0 Å². The molecule has 8 heteroatoms. The molecule has 0 aliphatic carbocycles. The topological polar surface area (TPSA) is 60.9 Å². The molecule has 1 aliphatic rings. The fourth-order valence-electron chi connectivity index (χ4n) is 3.16. The second-order valence-electron chi connectivity index (χ2n) is 6.45. The molecular formula is C21H18F2N2O4. The summed E-state index contributed by atoms with van der Waals surface area (Å²) >= 11 is 0. The number of nitrogens with zero attached hydrogens (tertiary/aromatic N) is 2. The Bertz CT molecular complexity index is 992. The van der Waals surface area contributed by atoms with E-state index in [1.54, 1.807) is 23.2 Å². The lowest BCUT2D eigenvalue weighted by atomic mass is 10.2. The molecule has 1 saturated heterocycles. The van der Waals surface area contributed by atoms with E-state index in [-0.39, 0.29) is 37.5 Å². The number of para-hydroxylation sites is 1. The molecular weight excluding hydrogens is 382 g/mol. The molecule has 4 rings (SSSR count). The second kappa shape index (κ2) is 8.40. The van der Waals surface area contributed by atoms with Crippen LogP contribution in [0.15, 0.2) is 60.8 Å². The number of amides is 1. The Balaban J connectivity index is 1.43. The van der Waals surface area contributed by atoms with Crippen molar-refractivity contribution in [2.24, 2.45) is 0 Å². The van der Waals surface area contributed by atoms with Gasteiger partial charge in [0.2, 0.25) is 0 Å². The van der Waals surface area contributed by atoms with Crippen LogP contribution in [0.4, 0.5) is 14.5 Å². The van der Waals surface area contributed by atoms with Gasteiger partial charge in [-0.05, 0) is 36.4 Å². The maximum atomic E-state index is 12.3. The highest BCUT2D eigenvalue weighted by atomic mass is 19.3. The normalized spacial score (nSPS) is 17.0. The number of benzene rings is 2. The molecule has 29 heavy (non-hydrogen) atoms. The molecule has 0 saturated carbocycles. The van der Waals surface area contributed by atoms with E-state index in [1.807, 2.05) is 30.3 Å². The van der Waals surface area contributed by atoms with Crippen LogP contribution < -0.4 is 14.4 Å². The first kappa shape index (κ1) is 19.1. The number of anilines is 1. The van der Waals surface area contributed by atoms with Crippen LogP contribution in [0, 0.1) is 0 Å². The summed E-state index contributed by atoms with van der Waals surface area (Å²) in [6.07, 6.45) is 1.36. The highest BCUT2D eigenvalue weighted by Gasteiger charge is 2.28. The summed E-state index contributed by atoms with van der Waals surface area (Å²) in [6, 6.07) is 15.4. The van der Waals surface area contributed by atoms with Gasteiger partial charge in [0.15, 0.2) is 0 Å². The highest BCUT2D eigenvalue weighted by Crippen LogP contribution is 2.25. The third-order valence-electron chi connectivity index (χ3n) is 4.52. The van der Waals surface area contributed by atoms with Crippen LogP contribution in [0.25, 0.3) is 10.9 Å². The molecule has 1 unspecified atom stereocenters. The van der Waals surface area contributed by atoms with E-state index < -0.39 is 6.61 Å². The van der Waals surface area contributed by atoms with E-state index in [0.29, 0.717) is 11.4 Å². The smallest absolute Gasteiger partial charge is 0.387 e. The van der Waals surface area contributed by atoms with E-state index in [1.165, 1.54) is 12.1 Å². The minimum Gasteiger partial charge on any atom is -0.489 e. The summed E-state index contributed by atoms with van der Waals surface area (Å²) in [7, 11) is 0. The van der Waals surface area contributed by atoms with Crippen LogP contribution in [0.1, 0.15) is 0 Å². The number of morpholine rings is 1. The Morgan fingerprint density at radius 2 is 1.93 bits per heavy atom. The van der Waals surface area contributed by atoms with Crippen LogP contribution in [-0.2, 0) is 9.53 Å². The van der Waals surface area contributed by atoms with Crippen molar-refractivity contribution in [1.82, 2.24) is 4.98 Å². The van der Waals surface area contributed by atoms with Crippen molar-refractivity contribution in [1.29, 1.82) is 0 Å². The lowest BCUT2D eigenvalue weighted by Crippen LogP contribution is -2.48. The minimum absolute atomic E-state index is 0.0350. The van der Waals surface area contributed by atoms with Gasteiger partial charge in [0.25, 0.3) is 5.91 Å². The van der Waals surface area contributed by atoms with Crippen molar-refractivity contribution in [3.05, 3.63) is 60.8 Å². The molecule has 1 atom stereocenters. The first-order chi connectivity index (χ1) is 14.1. The van der Waals surface area contributed by atoms with Gasteiger partial charge in [-0.25, -0.2) is 0 Å². The molecule has 150 valence electrons. The molecule has 3 aromatic rings. The van der Waals surface area contributed by atoms with Crippen molar-refractivity contribution in [3.8, 4) is 11.5 Å². The molecule has 0 radical (unpaired) electrons. The first-order valence-corrected chi connectivity index (χ1v) is 9.03. The molecule has 0 N–H and O–H groups in total. The predicted molar refractivity (Wildman–Crippen MR) is 102 cm³/mol. The Morgan fingerprint density at radius 1 is 1.14 bits per heavy atom. The fraction of sp³-hybridized carbons (Fsp3) is 0.238. The average Bonchev–Trinajstić information content (AvgIpc) is 2.73. The van der Waals surface area contributed by atoms with E-state index in [4.69, 9.17) is 9.47 Å². The number of hydrogen-bond donors (Lipinski definition) is 0. The van der Waals surface area contributed by atoms with Crippen molar-refractivity contribution in [2.75, 3.05) is 24.7 Å². The molecule has 1 aliphatic heterocycles. The minimum atomic E-state index is -2.89. The summed E-state index contributed by atoms with van der Waals surface area (Å²) in [6.45, 7) is -2.45. The lowest BCUT2D eigenvalue weighted by Gasteiger charge is -2.32. The van der Waals surface area contributed by atoms with Gasteiger partial charge in [0.1, 0.15) is 36.3 Å². The van der Waals surface area contributed by atoms with Gasteiger partial charge in [-0.15, -0.1) is 0 Å². The summed E-state index contributed by atoms with van der Waals surface area (Å²) in [5.74, 6) is 0.465. The average molecular weight is 400 g/mol. The lowest BCUT2D eigenvalue weighted by molar-refractivity contribution is -0.130. The Labute approximate surface area is 165 Å². The number of carbonyl (C=O) groups is 1. The monoisotopic (exact) mass is 400 g/mol. The molecule has 0 bridgehead atoms. The van der Waals surface area contributed by atoms with Gasteiger partial charge in [-0.3, -0.25) is 9.78 Å². The summed E-state index contributed by atoms with van der Waals surface area (Å²) in [5.41, 5.74) is 1.34. The van der Waals surface area contributed by atoms with Crippen LogP contribution in [0.5, 0.6) is 11.5 Å². The molecule has 1 fully saturated rings. The Kier molecular flexibility index (Phi) is 5.53. The summed E-state index contributed by atoms with van der Waals surface area (Å²) in [5, 5.41) is 0.970. The van der Waals surface area contributed by atoms with E-state index in [9.17, 15) is 13.6 Å². The maximum Gasteiger partial charge on any atom is 0.387 e. The number of rotatable bonds is 6. The third kappa shape index (κ3) is 4.43. The van der Waals surface area contributed by atoms with Gasteiger partial charge < -0.3 is 19.1 Å². The molecule has 2 aromatic carbocycles. The zero-order valence-electron chi connectivity index (χ0n) is 15.3. The fourth-order valence-corrected chi connectivity index (χ4v) is 3.16. The maximum absolute atomic E-state index is 12.3. The first-order valence-electron chi connectivity index (χ1n) is 9.03. The highest BCUT2D eigenvalue weighted by molar-refractivity contribution is 5.95. The zero-order chi connectivity index (χ0) is 20.2. The van der Waals surface area contributed by atoms with Crippen LogP contribution in [0.3, 0.4) is 0 Å². The zero-order valence-corrected chi connectivity index (χ0v) is 15.3. The van der Waals surface area contributed by atoms with E-state index in [2.05, 4.69) is 9.72 Å². The number of carbonyl (C=O) groups excluding carboxylic acids is 1. The number of alkyl halides is 2. The number of halogens is 2. The van der Waals surface area contributed by atoms with E-state index >= 15 is 0 Å². The van der Waals surface area contributed by atoms with Crippen molar-refractivity contribution < 1.29 is 27.8 Å². The summed E-state index contributed by atoms with van der Waals surface area (Å²) in [4.78, 5) is 18.2. The number of aromatic nitrogens is 1. The molecule has 0 spiro atoms. The molecule has 2 heterocycles. The van der Waals surface area contributed by atoms with Crippen molar-refractivity contribution >= 4 is 22.5 Å². The van der Waals surface area contributed by atoms with Gasteiger partial charge >= 0.3 is 6.61 Å². The summed E-state index contributed by atoms with van der Waals surface area (Å²) < 4.78 is 40.4. The second-order valence-corrected chi connectivity index (χ2v) is 6.45. The van der Waals surface area contributed by atoms with Crippen molar-refractivity contribution in [2.45, 2.75) is 12.7 Å². The third-order valence-corrected chi connectivity index (χ3v) is 4.52. The quantitative estimate of drug-likeness (QED) is 0.632. The Hall–Kier alpha value is -3.26.